The fraction of sp³-hybridized carbons (Fsp3) is 0.714. The van der Waals surface area contributed by atoms with E-state index in [1.165, 1.54) is 24.2 Å². The topological polar surface area (TPSA) is 36.4 Å². The second-order valence-electron chi connectivity index (χ2n) is 5.72. The third kappa shape index (κ3) is 3.15. The number of piperidine rings is 1. The zero-order valence-electron chi connectivity index (χ0n) is 12.2. The van der Waals surface area contributed by atoms with E-state index in [1.54, 1.807) is 0 Å². The van der Waals surface area contributed by atoms with Crippen LogP contribution >= 0.6 is 11.3 Å². The van der Waals surface area contributed by atoms with Crippen molar-refractivity contribution in [2.24, 2.45) is 0 Å². The summed E-state index contributed by atoms with van der Waals surface area (Å²) in [7, 11) is 4.26. The highest BCUT2D eigenvalue weighted by Gasteiger charge is 2.25. The Morgan fingerprint density at radius 1 is 1.47 bits per heavy atom. The monoisotopic (exact) mass is 281 g/mol. The molecule has 1 aliphatic rings. The van der Waals surface area contributed by atoms with Crippen LogP contribution in [-0.4, -0.2) is 49.4 Å². The first-order valence-electron chi connectivity index (χ1n) is 6.90. The number of hydrogen-bond acceptors (Lipinski definition) is 5. The number of nitrogens with zero attached hydrogens (tertiary/aromatic N) is 3. The minimum Gasteiger partial charge on any atom is -0.347 e. The second kappa shape index (κ2) is 6.01. The van der Waals surface area contributed by atoms with Crippen LogP contribution in [-0.2, 0) is 0 Å². The lowest BCUT2D eigenvalue weighted by Gasteiger charge is -2.35. The zero-order chi connectivity index (χ0) is 14.0. The van der Waals surface area contributed by atoms with E-state index in [-0.39, 0.29) is 0 Å². The number of rotatable bonds is 4. The summed E-state index contributed by atoms with van der Waals surface area (Å²) >= 11 is 1.54. The van der Waals surface area contributed by atoms with Gasteiger partial charge in [-0.3, -0.25) is 4.79 Å². The van der Waals surface area contributed by atoms with Crippen LogP contribution in [0.5, 0.6) is 0 Å². The largest absolute Gasteiger partial charge is 0.347 e. The predicted octanol–water partition coefficient (Wildman–Crippen LogP) is 2.61. The van der Waals surface area contributed by atoms with Gasteiger partial charge in [0.25, 0.3) is 0 Å². The maximum Gasteiger partial charge on any atom is 0.186 e. The molecule has 1 aliphatic heterocycles. The summed E-state index contributed by atoms with van der Waals surface area (Å²) in [6.45, 7) is 6.24. The Morgan fingerprint density at radius 3 is 2.74 bits per heavy atom. The number of aromatic nitrogens is 1. The fourth-order valence-corrected chi connectivity index (χ4v) is 3.58. The van der Waals surface area contributed by atoms with Gasteiger partial charge in [-0.15, -0.1) is 0 Å². The summed E-state index contributed by atoms with van der Waals surface area (Å²) in [5, 5.41) is 1.01. The molecule has 1 atom stereocenters. The lowest BCUT2D eigenvalue weighted by atomic mass is 10.1. The molecule has 2 heterocycles. The van der Waals surface area contributed by atoms with Crippen molar-refractivity contribution in [1.82, 2.24) is 9.88 Å². The van der Waals surface area contributed by atoms with E-state index in [9.17, 15) is 4.79 Å². The molecule has 106 valence electrons. The van der Waals surface area contributed by atoms with Gasteiger partial charge in [-0.05, 0) is 32.9 Å². The highest BCUT2D eigenvalue weighted by atomic mass is 32.1. The van der Waals surface area contributed by atoms with E-state index in [2.05, 4.69) is 37.7 Å². The van der Waals surface area contributed by atoms with Crippen molar-refractivity contribution in [3.8, 4) is 0 Å². The van der Waals surface area contributed by atoms with Crippen molar-refractivity contribution in [1.29, 1.82) is 0 Å². The predicted molar refractivity (Wildman–Crippen MR) is 80.5 cm³/mol. The first kappa shape index (κ1) is 14.5. The summed E-state index contributed by atoms with van der Waals surface area (Å²) < 4.78 is 0. The van der Waals surface area contributed by atoms with E-state index >= 15 is 0 Å². The van der Waals surface area contributed by atoms with Crippen molar-refractivity contribution >= 4 is 22.8 Å². The molecule has 0 bridgehead atoms. The van der Waals surface area contributed by atoms with Gasteiger partial charge in [-0.1, -0.05) is 25.2 Å². The van der Waals surface area contributed by atoms with Gasteiger partial charge in [0.15, 0.2) is 11.4 Å². The van der Waals surface area contributed by atoms with Gasteiger partial charge in [-0.2, -0.15) is 0 Å². The van der Waals surface area contributed by atoms with Crippen molar-refractivity contribution in [3.63, 3.8) is 0 Å². The zero-order valence-corrected chi connectivity index (χ0v) is 13.0. The van der Waals surface area contributed by atoms with Crippen LogP contribution in [0, 0.1) is 0 Å². The summed E-state index contributed by atoms with van der Waals surface area (Å²) in [6.07, 6.45) is 3.38. The van der Waals surface area contributed by atoms with Crippen LogP contribution in [0.3, 0.4) is 0 Å². The van der Waals surface area contributed by atoms with Crippen LogP contribution in [0.2, 0.25) is 0 Å². The maximum absolute atomic E-state index is 11.1. The molecule has 0 N–H and O–H groups in total. The fourth-order valence-electron chi connectivity index (χ4n) is 2.51. The molecule has 0 spiro atoms. The minimum absolute atomic E-state index is 0.305. The van der Waals surface area contributed by atoms with Gasteiger partial charge < -0.3 is 9.80 Å². The molecule has 1 saturated heterocycles. The first-order valence-corrected chi connectivity index (χ1v) is 7.71. The Morgan fingerprint density at radius 2 is 2.21 bits per heavy atom. The number of hydrogen-bond donors (Lipinski definition) is 0. The lowest BCUT2D eigenvalue weighted by molar-refractivity contribution is 0.112. The second-order valence-corrected chi connectivity index (χ2v) is 6.73. The Labute approximate surface area is 119 Å². The SMILES string of the molecule is CC(C)c1nc(N2CCCC(N(C)C)C2)sc1C=O. The van der Waals surface area contributed by atoms with E-state index in [0.29, 0.717) is 12.0 Å². The molecule has 0 amide bonds. The number of thiazole rings is 1. The molecule has 1 aromatic rings. The van der Waals surface area contributed by atoms with Gasteiger partial charge in [0.2, 0.25) is 0 Å². The molecule has 0 aromatic carbocycles. The van der Waals surface area contributed by atoms with E-state index in [1.807, 2.05) is 0 Å². The molecular formula is C14H23N3OS. The van der Waals surface area contributed by atoms with Gasteiger partial charge in [0.1, 0.15) is 0 Å². The Hall–Kier alpha value is -0.940. The van der Waals surface area contributed by atoms with Gasteiger partial charge >= 0.3 is 0 Å². The Kier molecular flexibility index (Phi) is 4.58. The Bertz CT molecular complexity index is 442. The number of carbonyl (C=O) groups is 1. The average molecular weight is 281 g/mol. The molecule has 0 radical (unpaired) electrons. The standard InChI is InChI=1S/C14H23N3OS/c1-10(2)13-12(9-18)19-14(15-13)17-7-5-6-11(8-17)16(3)4/h9-11H,5-8H2,1-4H3. The van der Waals surface area contributed by atoms with Crippen LogP contribution in [0.1, 0.15) is 48.0 Å². The van der Waals surface area contributed by atoms with Gasteiger partial charge in [0, 0.05) is 19.1 Å². The number of likely N-dealkylation sites (N-methyl/N-ethyl adjacent to an activating group) is 1. The van der Waals surface area contributed by atoms with E-state index in [0.717, 1.165) is 35.1 Å². The number of anilines is 1. The van der Waals surface area contributed by atoms with Crippen LogP contribution < -0.4 is 4.90 Å². The van der Waals surface area contributed by atoms with Gasteiger partial charge in [0.05, 0.1) is 10.6 Å². The van der Waals surface area contributed by atoms with Crippen LogP contribution in [0.15, 0.2) is 0 Å². The lowest BCUT2D eigenvalue weighted by Crippen LogP contribution is -2.45. The van der Waals surface area contributed by atoms with E-state index < -0.39 is 0 Å². The summed E-state index contributed by atoms with van der Waals surface area (Å²) in [5.74, 6) is 0.305. The summed E-state index contributed by atoms with van der Waals surface area (Å²) in [5.41, 5.74) is 0.946. The van der Waals surface area contributed by atoms with Crippen molar-refractivity contribution in [3.05, 3.63) is 10.6 Å². The molecule has 1 aromatic heterocycles. The van der Waals surface area contributed by atoms with Crippen LogP contribution in [0.4, 0.5) is 5.13 Å². The third-order valence-corrected chi connectivity index (χ3v) is 4.78. The molecule has 4 nitrogen and oxygen atoms in total. The first-order chi connectivity index (χ1) is 9.02. The molecule has 0 aliphatic carbocycles. The summed E-state index contributed by atoms with van der Waals surface area (Å²) in [4.78, 5) is 21.2. The van der Waals surface area contributed by atoms with Gasteiger partial charge in [-0.25, -0.2) is 4.98 Å². The highest BCUT2D eigenvalue weighted by Crippen LogP contribution is 2.31. The maximum atomic E-state index is 11.1. The molecule has 1 fully saturated rings. The molecule has 0 saturated carbocycles. The molecule has 1 unspecified atom stereocenters. The highest BCUT2D eigenvalue weighted by molar-refractivity contribution is 7.17. The summed E-state index contributed by atoms with van der Waals surface area (Å²) in [6, 6.07) is 0.583. The quantitative estimate of drug-likeness (QED) is 0.795. The smallest absolute Gasteiger partial charge is 0.186 e. The minimum atomic E-state index is 0.305. The number of carbonyl (C=O) groups excluding carboxylic acids is 1. The molecule has 5 heteroatoms. The number of aldehydes is 1. The molecular weight excluding hydrogens is 258 g/mol. The normalized spacial score (nSPS) is 20.3. The van der Waals surface area contributed by atoms with Crippen LogP contribution in [0.25, 0.3) is 0 Å². The van der Waals surface area contributed by atoms with Crippen molar-refractivity contribution in [2.75, 3.05) is 32.1 Å². The molecule has 19 heavy (non-hydrogen) atoms. The molecule has 2 rings (SSSR count). The average Bonchev–Trinajstić information content (AvgIpc) is 2.83. The third-order valence-electron chi connectivity index (χ3n) is 3.72. The van der Waals surface area contributed by atoms with E-state index in [4.69, 9.17) is 4.98 Å². The Balaban J connectivity index is 2.19. The van der Waals surface area contributed by atoms with Crippen molar-refractivity contribution < 1.29 is 4.79 Å². The van der Waals surface area contributed by atoms with Crippen molar-refractivity contribution in [2.45, 2.75) is 38.6 Å².